The molecule has 0 bridgehead atoms. The van der Waals surface area contributed by atoms with E-state index in [2.05, 4.69) is 11.6 Å². The number of hydrogen-bond acceptors (Lipinski definition) is 4. The molecule has 0 heterocycles. The molecule has 1 aromatic rings. The summed E-state index contributed by atoms with van der Waals surface area (Å²) in [6.45, 7) is 2.20. The van der Waals surface area contributed by atoms with Crippen molar-refractivity contribution in [2.45, 2.75) is 43.5 Å². The number of rotatable bonds is 4. The van der Waals surface area contributed by atoms with Crippen LogP contribution in [0.4, 0.5) is 5.69 Å². The minimum Gasteiger partial charge on any atom is -0.495 e. The van der Waals surface area contributed by atoms with Gasteiger partial charge in [-0.15, -0.1) is 0 Å². The van der Waals surface area contributed by atoms with Gasteiger partial charge in [-0.25, -0.2) is 13.1 Å². The summed E-state index contributed by atoms with van der Waals surface area (Å²) in [5, 5.41) is 0. The Balaban J connectivity index is 2.14. The molecule has 1 aromatic carbocycles. The third kappa shape index (κ3) is 3.43. The van der Waals surface area contributed by atoms with Crippen molar-refractivity contribution in [2.75, 3.05) is 12.8 Å². The van der Waals surface area contributed by atoms with Crippen molar-refractivity contribution < 1.29 is 13.2 Å². The van der Waals surface area contributed by atoms with Crippen molar-refractivity contribution >= 4 is 15.7 Å². The highest BCUT2D eigenvalue weighted by molar-refractivity contribution is 7.89. The van der Waals surface area contributed by atoms with Gasteiger partial charge in [-0.3, -0.25) is 0 Å². The van der Waals surface area contributed by atoms with Gasteiger partial charge in [0.15, 0.2) is 0 Å². The Hall–Kier alpha value is -1.27. The number of nitrogens with one attached hydrogen (secondary N) is 1. The van der Waals surface area contributed by atoms with Crippen LogP contribution in [0.25, 0.3) is 0 Å². The van der Waals surface area contributed by atoms with Crippen LogP contribution in [0.5, 0.6) is 5.75 Å². The maximum absolute atomic E-state index is 12.4. The van der Waals surface area contributed by atoms with Crippen molar-refractivity contribution in [2.24, 2.45) is 5.92 Å². The molecule has 5 nitrogen and oxygen atoms in total. The second-order valence-electron chi connectivity index (χ2n) is 5.48. The molecule has 1 aliphatic carbocycles. The molecule has 0 aliphatic heterocycles. The molecule has 1 saturated carbocycles. The van der Waals surface area contributed by atoms with Gasteiger partial charge >= 0.3 is 0 Å². The third-order valence-corrected chi connectivity index (χ3v) is 5.37. The van der Waals surface area contributed by atoms with Crippen molar-refractivity contribution in [3.8, 4) is 5.75 Å². The van der Waals surface area contributed by atoms with E-state index in [0.717, 1.165) is 25.7 Å². The molecular formula is C14H22N2O3S. The molecule has 2 rings (SSSR count). The maximum atomic E-state index is 12.4. The summed E-state index contributed by atoms with van der Waals surface area (Å²) >= 11 is 0. The van der Waals surface area contributed by atoms with E-state index >= 15 is 0 Å². The van der Waals surface area contributed by atoms with Crippen molar-refractivity contribution in [1.82, 2.24) is 4.72 Å². The minimum absolute atomic E-state index is 0.0275. The fourth-order valence-electron chi connectivity index (χ4n) is 2.52. The Kier molecular flexibility index (Phi) is 4.55. The molecule has 6 heteroatoms. The monoisotopic (exact) mass is 298 g/mol. The zero-order chi connectivity index (χ0) is 14.8. The number of sulfonamides is 1. The quantitative estimate of drug-likeness (QED) is 0.834. The average molecular weight is 298 g/mol. The number of ether oxygens (including phenoxy) is 1. The fraction of sp³-hybridized carbons (Fsp3) is 0.571. The first-order chi connectivity index (χ1) is 9.42. The van der Waals surface area contributed by atoms with E-state index in [-0.39, 0.29) is 10.9 Å². The number of anilines is 1. The Labute approximate surface area is 120 Å². The van der Waals surface area contributed by atoms with Crippen LogP contribution in [0.1, 0.15) is 32.6 Å². The first kappa shape index (κ1) is 15.1. The van der Waals surface area contributed by atoms with Crippen LogP contribution >= 0.6 is 0 Å². The zero-order valence-electron chi connectivity index (χ0n) is 11.9. The number of benzene rings is 1. The smallest absolute Gasteiger partial charge is 0.240 e. The lowest BCUT2D eigenvalue weighted by Gasteiger charge is -2.26. The van der Waals surface area contributed by atoms with Gasteiger partial charge in [-0.2, -0.15) is 0 Å². The Morgan fingerprint density at radius 2 is 1.90 bits per heavy atom. The maximum Gasteiger partial charge on any atom is 0.240 e. The van der Waals surface area contributed by atoms with Crippen molar-refractivity contribution in [1.29, 1.82) is 0 Å². The topological polar surface area (TPSA) is 81.4 Å². The number of hydrogen-bond donors (Lipinski definition) is 2. The largest absolute Gasteiger partial charge is 0.495 e. The van der Waals surface area contributed by atoms with E-state index in [1.54, 1.807) is 6.07 Å². The molecule has 0 atom stereocenters. The fourth-order valence-corrected chi connectivity index (χ4v) is 3.84. The van der Waals surface area contributed by atoms with Crippen LogP contribution in [0, 0.1) is 5.92 Å². The predicted molar refractivity (Wildman–Crippen MR) is 79.1 cm³/mol. The lowest BCUT2D eigenvalue weighted by atomic mass is 9.88. The summed E-state index contributed by atoms with van der Waals surface area (Å²) in [5.74, 6) is 1.07. The minimum atomic E-state index is -3.51. The molecule has 0 unspecified atom stereocenters. The normalized spacial score (nSPS) is 23.5. The van der Waals surface area contributed by atoms with Gasteiger partial charge in [-0.1, -0.05) is 6.92 Å². The highest BCUT2D eigenvalue weighted by Crippen LogP contribution is 2.27. The molecule has 0 saturated heterocycles. The molecule has 1 fully saturated rings. The molecule has 0 spiro atoms. The summed E-state index contributed by atoms with van der Waals surface area (Å²) in [6, 6.07) is 4.55. The van der Waals surface area contributed by atoms with E-state index in [4.69, 9.17) is 10.5 Å². The summed E-state index contributed by atoms with van der Waals surface area (Å²) in [6.07, 6.45) is 3.93. The van der Waals surface area contributed by atoms with Gasteiger partial charge in [0.25, 0.3) is 0 Å². The van der Waals surface area contributed by atoms with E-state index in [0.29, 0.717) is 17.4 Å². The number of nitrogens with two attached hydrogens (primary N) is 1. The van der Waals surface area contributed by atoms with Gasteiger partial charge in [-0.05, 0) is 43.7 Å². The Bertz CT molecular complexity index is 564. The number of nitrogen functional groups attached to an aromatic ring is 1. The van der Waals surface area contributed by atoms with Crippen molar-refractivity contribution in [3.05, 3.63) is 18.2 Å². The zero-order valence-corrected chi connectivity index (χ0v) is 12.7. The van der Waals surface area contributed by atoms with Crippen LogP contribution in [0.15, 0.2) is 23.1 Å². The Morgan fingerprint density at radius 1 is 1.25 bits per heavy atom. The Morgan fingerprint density at radius 3 is 2.50 bits per heavy atom. The second-order valence-corrected chi connectivity index (χ2v) is 7.20. The predicted octanol–water partition coefficient (Wildman–Crippen LogP) is 2.13. The second kappa shape index (κ2) is 6.01. The van der Waals surface area contributed by atoms with E-state index < -0.39 is 10.0 Å². The summed E-state index contributed by atoms with van der Waals surface area (Å²) in [5.41, 5.74) is 6.13. The van der Waals surface area contributed by atoms with Gasteiger partial charge < -0.3 is 10.5 Å². The molecule has 0 radical (unpaired) electrons. The van der Waals surface area contributed by atoms with Crippen molar-refractivity contribution in [3.63, 3.8) is 0 Å². The van der Waals surface area contributed by atoms with Gasteiger partial charge in [0.05, 0.1) is 17.7 Å². The van der Waals surface area contributed by atoms with Gasteiger partial charge in [0.2, 0.25) is 10.0 Å². The summed E-state index contributed by atoms with van der Waals surface area (Å²) in [4.78, 5) is 0.196. The highest BCUT2D eigenvalue weighted by atomic mass is 32.2. The van der Waals surface area contributed by atoms with Crippen LogP contribution in [-0.2, 0) is 10.0 Å². The molecule has 3 N–H and O–H groups in total. The summed E-state index contributed by atoms with van der Waals surface area (Å²) < 4.78 is 32.6. The van der Waals surface area contributed by atoms with Crippen LogP contribution < -0.4 is 15.2 Å². The molecule has 20 heavy (non-hydrogen) atoms. The van der Waals surface area contributed by atoms with Crippen LogP contribution in [-0.4, -0.2) is 21.6 Å². The molecule has 0 aromatic heterocycles. The highest BCUT2D eigenvalue weighted by Gasteiger charge is 2.24. The first-order valence-corrected chi connectivity index (χ1v) is 8.36. The van der Waals surface area contributed by atoms with E-state index in [1.807, 2.05) is 0 Å². The average Bonchev–Trinajstić information content (AvgIpc) is 2.41. The SMILES string of the molecule is COc1cc(S(=O)(=O)NC2CCC(C)CC2)ccc1N. The lowest BCUT2D eigenvalue weighted by molar-refractivity contribution is 0.332. The third-order valence-electron chi connectivity index (χ3n) is 3.85. The van der Waals surface area contributed by atoms with Crippen LogP contribution in [0.3, 0.4) is 0 Å². The molecule has 0 amide bonds. The van der Waals surface area contributed by atoms with E-state index in [1.165, 1.54) is 19.2 Å². The standard InChI is InChI=1S/C14H22N2O3S/c1-10-3-5-11(6-4-10)16-20(17,18)12-7-8-13(15)14(9-12)19-2/h7-11,16H,3-6,15H2,1-2H3. The molecular weight excluding hydrogens is 276 g/mol. The first-order valence-electron chi connectivity index (χ1n) is 6.88. The van der Waals surface area contributed by atoms with Gasteiger partial charge in [0, 0.05) is 12.1 Å². The number of methoxy groups -OCH3 is 1. The summed E-state index contributed by atoms with van der Waals surface area (Å²) in [7, 11) is -2.04. The molecule has 112 valence electrons. The van der Waals surface area contributed by atoms with Crippen LogP contribution in [0.2, 0.25) is 0 Å². The van der Waals surface area contributed by atoms with E-state index in [9.17, 15) is 8.42 Å². The van der Waals surface area contributed by atoms with Gasteiger partial charge in [0.1, 0.15) is 5.75 Å². The lowest BCUT2D eigenvalue weighted by Crippen LogP contribution is -2.37. The molecule has 1 aliphatic rings.